The minimum atomic E-state index is -0.290. The van der Waals surface area contributed by atoms with Crippen LogP contribution in [0.3, 0.4) is 0 Å². The van der Waals surface area contributed by atoms with Crippen molar-refractivity contribution in [3.05, 3.63) is 77.0 Å². The quantitative estimate of drug-likeness (QED) is 0.731. The largest absolute Gasteiger partial charge is 0.337 e. The summed E-state index contributed by atoms with van der Waals surface area (Å²) < 4.78 is 0.612. The third-order valence-electron chi connectivity index (χ3n) is 4.73. The standard InChI is InChI=1S/C22H23BrN2O2/c1-16-10-6-7-13-18(16)19(23)20(22(27)25-14-8-3-9-15-25)24-21(26)17-11-4-2-5-12-17/h2,4-7,10-13H,3,8-9,14-15H2,1H3,(H,24,26)/b20-19-. The number of likely N-dealkylation sites (tertiary alicyclic amines) is 1. The van der Waals surface area contributed by atoms with Gasteiger partial charge in [-0.05, 0) is 65.4 Å². The Kier molecular flexibility index (Phi) is 6.45. The highest BCUT2D eigenvalue weighted by atomic mass is 79.9. The van der Waals surface area contributed by atoms with Gasteiger partial charge < -0.3 is 10.2 Å². The van der Waals surface area contributed by atoms with Crippen molar-refractivity contribution in [2.75, 3.05) is 13.1 Å². The first-order valence-electron chi connectivity index (χ1n) is 9.19. The van der Waals surface area contributed by atoms with Crippen molar-refractivity contribution in [2.45, 2.75) is 26.2 Å². The molecule has 27 heavy (non-hydrogen) atoms. The molecule has 3 rings (SSSR count). The van der Waals surface area contributed by atoms with E-state index in [0.717, 1.165) is 43.5 Å². The van der Waals surface area contributed by atoms with Crippen LogP contribution >= 0.6 is 15.9 Å². The Morgan fingerprint density at radius 3 is 2.22 bits per heavy atom. The van der Waals surface area contributed by atoms with Crippen LogP contribution in [0, 0.1) is 6.92 Å². The number of hydrogen-bond acceptors (Lipinski definition) is 2. The van der Waals surface area contributed by atoms with Crippen molar-refractivity contribution in [2.24, 2.45) is 0 Å². The number of aryl methyl sites for hydroxylation is 1. The van der Waals surface area contributed by atoms with Crippen LogP contribution in [0.4, 0.5) is 0 Å². The molecule has 0 atom stereocenters. The van der Waals surface area contributed by atoms with Crippen molar-refractivity contribution >= 4 is 32.2 Å². The second-order valence-electron chi connectivity index (χ2n) is 6.68. The minimum Gasteiger partial charge on any atom is -0.337 e. The molecule has 0 aromatic heterocycles. The van der Waals surface area contributed by atoms with Gasteiger partial charge in [0.2, 0.25) is 0 Å². The lowest BCUT2D eigenvalue weighted by Gasteiger charge is -2.28. The first-order valence-corrected chi connectivity index (χ1v) is 9.98. The summed E-state index contributed by atoms with van der Waals surface area (Å²) in [5.41, 5.74) is 2.74. The molecule has 140 valence electrons. The van der Waals surface area contributed by atoms with Gasteiger partial charge in [-0.25, -0.2) is 0 Å². The van der Waals surface area contributed by atoms with Gasteiger partial charge in [-0.2, -0.15) is 0 Å². The lowest BCUT2D eigenvalue weighted by atomic mass is 10.1. The fraction of sp³-hybridized carbons (Fsp3) is 0.273. The zero-order valence-corrected chi connectivity index (χ0v) is 17.0. The predicted octanol–water partition coefficient (Wildman–Crippen LogP) is 4.50. The van der Waals surface area contributed by atoms with Crippen molar-refractivity contribution < 1.29 is 9.59 Å². The molecular formula is C22H23BrN2O2. The number of piperidine rings is 1. The number of amides is 2. The lowest BCUT2D eigenvalue weighted by molar-refractivity contribution is -0.128. The number of nitrogens with one attached hydrogen (secondary N) is 1. The lowest BCUT2D eigenvalue weighted by Crippen LogP contribution is -2.41. The highest BCUT2D eigenvalue weighted by molar-refractivity contribution is 9.15. The molecule has 0 radical (unpaired) electrons. The molecule has 1 aliphatic heterocycles. The van der Waals surface area contributed by atoms with E-state index in [1.165, 1.54) is 0 Å². The van der Waals surface area contributed by atoms with Gasteiger partial charge in [-0.15, -0.1) is 0 Å². The number of nitrogens with zero attached hydrogens (tertiary/aromatic N) is 1. The Morgan fingerprint density at radius 2 is 1.56 bits per heavy atom. The average Bonchev–Trinajstić information content (AvgIpc) is 2.72. The van der Waals surface area contributed by atoms with Crippen LogP contribution in [0.5, 0.6) is 0 Å². The summed E-state index contributed by atoms with van der Waals surface area (Å²) in [6.45, 7) is 3.42. The van der Waals surface area contributed by atoms with E-state index >= 15 is 0 Å². The van der Waals surface area contributed by atoms with Crippen LogP contribution in [-0.2, 0) is 4.79 Å². The van der Waals surface area contributed by atoms with Crippen LogP contribution in [-0.4, -0.2) is 29.8 Å². The molecular weight excluding hydrogens is 404 g/mol. The molecule has 2 aromatic rings. The monoisotopic (exact) mass is 426 g/mol. The second-order valence-corrected chi connectivity index (χ2v) is 7.47. The van der Waals surface area contributed by atoms with Gasteiger partial charge in [-0.1, -0.05) is 42.5 Å². The highest BCUT2D eigenvalue weighted by Crippen LogP contribution is 2.28. The van der Waals surface area contributed by atoms with Crippen LogP contribution < -0.4 is 5.32 Å². The van der Waals surface area contributed by atoms with E-state index in [9.17, 15) is 9.59 Å². The van der Waals surface area contributed by atoms with Gasteiger partial charge >= 0.3 is 0 Å². The highest BCUT2D eigenvalue weighted by Gasteiger charge is 2.25. The van der Waals surface area contributed by atoms with Gasteiger partial charge in [-0.3, -0.25) is 9.59 Å². The Bertz CT molecular complexity index is 856. The molecule has 4 nitrogen and oxygen atoms in total. The molecule has 0 unspecified atom stereocenters. The van der Waals surface area contributed by atoms with E-state index < -0.39 is 0 Å². The van der Waals surface area contributed by atoms with Gasteiger partial charge in [0.25, 0.3) is 11.8 Å². The van der Waals surface area contributed by atoms with Crippen molar-refractivity contribution in [3.8, 4) is 0 Å². The molecule has 1 aliphatic rings. The van der Waals surface area contributed by atoms with Crippen molar-refractivity contribution in [1.82, 2.24) is 10.2 Å². The molecule has 2 aromatic carbocycles. The zero-order chi connectivity index (χ0) is 19.2. The molecule has 0 saturated carbocycles. The summed E-state index contributed by atoms with van der Waals surface area (Å²) in [6.07, 6.45) is 3.12. The fourth-order valence-corrected chi connectivity index (χ4v) is 3.90. The summed E-state index contributed by atoms with van der Waals surface area (Å²) in [6, 6.07) is 16.7. The maximum Gasteiger partial charge on any atom is 0.271 e. The number of halogens is 1. The van der Waals surface area contributed by atoms with Crippen LogP contribution in [0.25, 0.3) is 4.48 Å². The molecule has 5 heteroatoms. The first-order chi connectivity index (χ1) is 13.1. The fourth-order valence-electron chi connectivity index (χ4n) is 3.19. The summed E-state index contributed by atoms with van der Waals surface area (Å²) in [5, 5.41) is 2.86. The first kappa shape index (κ1) is 19.4. The Hall–Kier alpha value is -2.40. The molecule has 0 bridgehead atoms. The van der Waals surface area contributed by atoms with Crippen LogP contribution in [0.15, 0.2) is 60.3 Å². The summed E-state index contributed by atoms with van der Waals surface area (Å²) >= 11 is 3.59. The van der Waals surface area contributed by atoms with E-state index in [0.29, 0.717) is 15.7 Å². The smallest absolute Gasteiger partial charge is 0.271 e. The summed E-state index contributed by atoms with van der Waals surface area (Å²) in [4.78, 5) is 27.8. The predicted molar refractivity (Wildman–Crippen MR) is 111 cm³/mol. The van der Waals surface area contributed by atoms with Crippen molar-refractivity contribution in [3.63, 3.8) is 0 Å². The van der Waals surface area contributed by atoms with Crippen LogP contribution in [0.2, 0.25) is 0 Å². The maximum absolute atomic E-state index is 13.2. The Labute approximate surface area is 168 Å². The van der Waals surface area contributed by atoms with E-state index in [2.05, 4.69) is 21.2 Å². The van der Waals surface area contributed by atoms with Gasteiger partial charge in [0.1, 0.15) is 5.70 Å². The Balaban J connectivity index is 1.98. The minimum absolute atomic E-state index is 0.144. The van der Waals surface area contributed by atoms with Gasteiger partial charge in [0.05, 0.1) is 4.48 Å². The Morgan fingerprint density at radius 1 is 0.926 bits per heavy atom. The second kappa shape index (κ2) is 9.00. The maximum atomic E-state index is 13.2. The molecule has 1 heterocycles. The van der Waals surface area contributed by atoms with E-state index in [1.54, 1.807) is 24.3 Å². The topological polar surface area (TPSA) is 49.4 Å². The van der Waals surface area contributed by atoms with E-state index in [1.807, 2.05) is 42.2 Å². The number of benzene rings is 2. The number of carbonyl (C=O) groups is 2. The molecule has 0 aliphatic carbocycles. The van der Waals surface area contributed by atoms with Gasteiger partial charge in [0, 0.05) is 18.7 Å². The third kappa shape index (κ3) is 4.66. The summed E-state index contributed by atoms with van der Waals surface area (Å²) in [7, 11) is 0. The number of carbonyl (C=O) groups excluding carboxylic acids is 2. The molecule has 1 fully saturated rings. The zero-order valence-electron chi connectivity index (χ0n) is 15.4. The van der Waals surface area contributed by atoms with Gasteiger partial charge in [0.15, 0.2) is 0 Å². The SMILES string of the molecule is Cc1ccccc1/C(Br)=C(/NC(=O)c1ccccc1)C(=O)N1CCCCC1. The van der Waals surface area contributed by atoms with Crippen LogP contribution in [0.1, 0.15) is 40.7 Å². The normalized spacial score (nSPS) is 15.1. The molecule has 0 spiro atoms. The summed E-state index contributed by atoms with van der Waals surface area (Å²) in [5.74, 6) is -0.435. The third-order valence-corrected chi connectivity index (χ3v) is 5.56. The van der Waals surface area contributed by atoms with E-state index in [4.69, 9.17) is 0 Å². The van der Waals surface area contributed by atoms with E-state index in [-0.39, 0.29) is 11.8 Å². The average molecular weight is 427 g/mol. The molecule has 1 N–H and O–H groups in total. The number of rotatable bonds is 4. The molecule has 2 amide bonds. The van der Waals surface area contributed by atoms with Crippen molar-refractivity contribution in [1.29, 1.82) is 0 Å². The molecule has 1 saturated heterocycles. The number of hydrogen-bond donors (Lipinski definition) is 1.